The summed E-state index contributed by atoms with van der Waals surface area (Å²) in [6.45, 7) is 3.97. The summed E-state index contributed by atoms with van der Waals surface area (Å²) >= 11 is 0. The van der Waals surface area contributed by atoms with Crippen molar-refractivity contribution in [2.24, 2.45) is 0 Å². The van der Waals surface area contributed by atoms with E-state index in [9.17, 15) is 9.18 Å². The zero-order valence-electron chi connectivity index (χ0n) is 9.55. The summed E-state index contributed by atoms with van der Waals surface area (Å²) in [5.74, 6) is 0.0689. The van der Waals surface area contributed by atoms with Gasteiger partial charge >= 0.3 is 0 Å². The molecular formula is C13H15FO2. The lowest BCUT2D eigenvalue weighted by Gasteiger charge is -2.36. The van der Waals surface area contributed by atoms with Crippen LogP contribution in [0.3, 0.4) is 0 Å². The summed E-state index contributed by atoms with van der Waals surface area (Å²) in [6.07, 6.45) is 1.90. The van der Waals surface area contributed by atoms with Crippen LogP contribution in [0.5, 0.6) is 5.75 Å². The first-order valence-electron chi connectivity index (χ1n) is 5.62. The number of hydrogen-bond acceptors (Lipinski definition) is 2. The van der Waals surface area contributed by atoms with Crippen molar-refractivity contribution in [2.75, 3.05) is 0 Å². The lowest BCUT2D eigenvalue weighted by molar-refractivity contribution is 0.0347. The molecule has 0 aliphatic carbocycles. The van der Waals surface area contributed by atoms with Crippen molar-refractivity contribution in [1.29, 1.82) is 0 Å². The molecule has 0 fully saturated rings. The van der Waals surface area contributed by atoms with E-state index in [-0.39, 0.29) is 11.6 Å². The number of ether oxygens (including phenoxy) is 1. The predicted molar refractivity (Wildman–Crippen MR) is 59.3 cm³/mol. The van der Waals surface area contributed by atoms with Crippen molar-refractivity contribution in [3.63, 3.8) is 0 Å². The van der Waals surface area contributed by atoms with E-state index >= 15 is 0 Å². The third kappa shape index (κ3) is 1.70. The fourth-order valence-corrected chi connectivity index (χ4v) is 2.11. The van der Waals surface area contributed by atoms with Gasteiger partial charge in [-0.1, -0.05) is 13.8 Å². The number of hydrogen-bond donors (Lipinski definition) is 0. The van der Waals surface area contributed by atoms with Crippen LogP contribution in [0.1, 0.15) is 43.5 Å². The summed E-state index contributed by atoms with van der Waals surface area (Å²) in [7, 11) is 0. The van der Waals surface area contributed by atoms with Gasteiger partial charge in [-0.05, 0) is 25.0 Å². The van der Waals surface area contributed by atoms with Crippen molar-refractivity contribution >= 4 is 5.78 Å². The average Bonchev–Trinajstić information content (AvgIpc) is 2.28. The van der Waals surface area contributed by atoms with Gasteiger partial charge < -0.3 is 4.74 Å². The second-order valence-corrected chi connectivity index (χ2v) is 4.23. The molecule has 0 amide bonds. The largest absolute Gasteiger partial charge is 0.486 e. The van der Waals surface area contributed by atoms with Gasteiger partial charge in [0.05, 0.1) is 12.0 Å². The van der Waals surface area contributed by atoms with Gasteiger partial charge in [0.25, 0.3) is 0 Å². The van der Waals surface area contributed by atoms with E-state index < -0.39 is 5.60 Å². The summed E-state index contributed by atoms with van der Waals surface area (Å²) in [6, 6.07) is 4.10. The number of carbonyl (C=O) groups is 1. The lowest BCUT2D eigenvalue weighted by Crippen LogP contribution is -2.40. The first-order valence-corrected chi connectivity index (χ1v) is 5.62. The highest BCUT2D eigenvalue weighted by atomic mass is 19.1. The molecule has 1 aromatic carbocycles. The molecule has 0 atom stereocenters. The summed E-state index contributed by atoms with van der Waals surface area (Å²) in [5, 5.41) is 0. The van der Waals surface area contributed by atoms with E-state index in [0.717, 1.165) is 12.8 Å². The molecule has 0 radical (unpaired) electrons. The number of benzene rings is 1. The zero-order valence-corrected chi connectivity index (χ0v) is 9.55. The average molecular weight is 222 g/mol. The van der Waals surface area contributed by atoms with Gasteiger partial charge in [0.1, 0.15) is 17.2 Å². The topological polar surface area (TPSA) is 26.3 Å². The van der Waals surface area contributed by atoms with Crippen LogP contribution in [0.15, 0.2) is 18.2 Å². The van der Waals surface area contributed by atoms with Crippen molar-refractivity contribution in [1.82, 2.24) is 0 Å². The number of ketones is 1. The maximum absolute atomic E-state index is 13.1. The predicted octanol–water partition coefficient (Wildman–Crippen LogP) is 3.35. The van der Waals surface area contributed by atoms with Gasteiger partial charge in [-0.2, -0.15) is 0 Å². The molecule has 2 rings (SSSR count). The molecule has 0 saturated heterocycles. The Labute approximate surface area is 94.4 Å². The fourth-order valence-electron chi connectivity index (χ4n) is 2.11. The molecule has 0 spiro atoms. The van der Waals surface area contributed by atoms with Crippen molar-refractivity contribution in [3.8, 4) is 5.75 Å². The van der Waals surface area contributed by atoms with Crippen LogP contribution in [0, 0.1) is 5.82 Å². The van der Waals surface area contributed by atoms with Gasteiger partial charge in [-0.25, -0.2) is 4.39 Å². The molecule has 3 heteroatoms. The van der Waals surface area contributed by atoms with Gasteiger partial charge in [0.15, 0.2) is 5.78 Å². The molecule has 0 unspecified atom stereocenters. The molecule has 0 N–H and O–H groups in total. The Hall–Kier alpha value is -1.38. The van der Waals surface area contributed by atoms with Crippen molar-refractivity contribution in [3.05, 3.63) is 29.6 Å². The van der Waals surface area contributed by atoms with Crippen LogP contribution in [0.4, 0.5) is 4.39 Å². The van der Waals surface area contributed by atoms with E-state index in [4.69, 9.17) is 4.74 Å². The molecule has 1 heterocycles. The summed E-state index contributed by atoms with van der Waals surface area (Å²) < 4.78 is 18.9. The van der Waals surface area contributed by atoms with Crippen LogP contribution in [0.25, 0.3) is 0 Å². The minimum Gasteiger partial charge on any atom is -0.486 e. The minimum absolute atomic E-state index is 0.0463. The van der Waals surface area contributed by atoms with Crippen LogP contribution in [0.2, 0.25) is 0 Å². The molecular weight excluding hydrogens is 207 g/mol. The van der Waals surface area contributed by atoms with Gasteiger partial charge in [0.2, 0.25) is 0 Å². The van der Waals surface area contributed by atoms with Crippen LogP contribution < -0.4 is 4.74 Å². The molecule has 0 aromatic heterocycles. The highest BCUT2D eigenvalue weighted by molar-refractivity contribution is 6.00. The highest BCUT2D eigenvalue weighted by Crippen LogP contribution is 2.37. The van der Waals surface area contributed by atoms with Gasteiger partial charge in [-0.3, -0.25) is 4.79 Å². The van der Waals surface area contributed by atoms with Gasteiger partial charge in [0, 0.05) is 6.07 Å². The van der Waals surface area contributed by atoms with Gasteiger partial charge in [-0.15, -0.1) is 0 Å². The maximum Gasteiger partial charge on any atom is 0.170 e. The monoisotopic (exact) mass is 222 g/mol. The second-order valence-electron chi connectivity index (χ2n) is 4.23. The van der Waals surface area contributed by atoms with E-state index in [1.54, 1.807) is 0 Å². The summed E-state index contributed by atoms with van der Waals surface area (Å²) in [5.41, 5.74) is 0.0525. The fraction of sp³-hybridized carbons (Fsp3) is 0.462. The molecule has 2 nitrogen and oxygen atoms in total. The smallest absolute Gasteiger partial charge is 0.170 e. The first kappa shape index (κ1) is 11.1. The van der Waals surface area contributed by atoms with E-state index in [1.807, 2.05) is 13.8 Å². The summed E-state index contributed by atoms with van der Waals surface area (Å²) in [4.78, 5) is 11.9. The Kier molecular flexibility index (Phi) is 2.70. The van der Waals surface area contributed by atoms with E-state index in [2.05, 4.69) is 0 Å². The maximum atomic E-state index is 13.1. The van der Waals surface area contributed by atoms with Crippen LogP contribution >= 0.6 is 0 Å². The number of halogens is 1. The first-order chi connectivity index (χ1) is 7.60. The Morgan fingerprint density at radius 2 is 2.06 bits per heavy atom. The number of fused-ring (bicyclic) bond motifs is 1. The number of carbonyl (C=O) groups excluding carboxylic acids is 1. The molecule has 0 bridgehead atoms. The van der Waals surface area contributed by atoms with Crippen LogP contribution in [-0.2, 0) is 0 Å². The Morgan fingerprint density at radius 3 is 2.69 bits per heavy atom. The zero-order chi connectivity index (χ0) is 11.8. The van der Waals surface area contributed by atoms with E-state index in [0.29, 0.717) is 17.7 Å². The molecule has 1 aliphatic heterocycles. The number of Topliss-reactive ketones (excluding diaryl/α,β-unsaturated/α-hetero) is 1. The lowest BCUT2D eigenvalue weighted by atomic mass is 9.86. The Morgan fingerprint density at radius 1 is 1.38 bits per heavy atom. The SMILES string of the molecule is CCC1(CC)CC(=O)c2ccc(F)cc2O1. The van der Waals surface area contributed by atoms with E-state index in [1.165, 1.54) is 18.2 Å². The molecule has 1 aromatic rings. The Balaban J connectivity index is 2.45. The van der Waals surface area contributed by atoms with Crippen molar-refractivity contribution in [2.45, 2.75) is 38.7 Å². The third-order valence-corrected chi connectivity index (χ3v) is 3.34. The standard InChI is InChI=1S/C13H15FO2/c1-3-13(4-2)8-11(15)10-6-5-9(14)7-12(10)16-13/h5-7H,3-4,8H2,1-2H3. The second kappa shape index (κ2) is 3.89. The minimum atomic E-state index is -0.447. The van der Waals surface area contributed by atoms with Crippen molar-refractivity contribution < 1.29 is 13.9 Å². The van der Waals surface area contributed by atoms with Crippen LogP contribution in [-0.4, -0.2) is 11.4 Å². The normalized spacial score (nSPS) is 17.8. The molecule has 86 valence electrons. The quantitative estimate of drug-likeness (QED) is 0.767. The molecule has 0 saturated carbocycles. The third-order valence-electron chi connectivity index (χ3n) is 3.34. The molecule has 16 heavy (non-hydrogen) atoms. The molecule has 1 aliphatic rings. The highest BCUT2D eigenvalue weighted by Gasteiger charge is 2.37. The Bertz CT molecular complexity index is 422. The number of rotatable bonds is 2.